The zero-order valence-electron chi connectivity index (χ0n) is 12.9. The minimum Gasteiger partial charge on any atom is -0.279 e. The minimum absolute atomic E-state index is 0.291. The smallest absolute Gasteiger partial charge is 0.271 e. The van der Waals surface area contributed by atoms with Crippen molar-refractivity contribution in [1.82, 2.24) is 9.78 Å². The van der Waals surface area contributed by atoms with Gasteiger partial charge in [0.25, 0.3) is 10.0 Å². The first-order chi connectivity index (χ1) is 11.0. The largest absolute Gasteiger partial charge is 0.279 e. The molecule has 3 aromatic rings. The number of aryl methyl sites for hydroxylation is 2. The fourth-order valence-electron chi connectivity index (χ4n) is 2.30. The second-order valence-corrected chi connectivity index (χ2v) is 7.93. The van der Waals surface area contributed by atoms with E-state index in [1.165, 1.54) is 11.3 Å². The van der Waals surface area contributed by atoms with E-state index in [-0.39, 0.29) is 0 Å². The lowest BCUT2D eigenvalue weighted by Crippen LogP contribution is -2.12. The van der Waals surface area contributed by atoms with Crippen molar-refractivity contribution in [1.29, 1.82) is 0 Å². The second-order valence-electron chi connectivity index (χ2n) is 5.11. The summed E-state index contributed by atoms with van der Waals surface area (Å²) in [5.74, 6) is 0. The van der Waals surface area contributed by atoms with Crippen molar-refractivity contribution in [3.05, 3.63) is 53.5 Å². The Hall–Kier alpha value is -2.12. The van der Waals surface area contributed by atoms with Crippen LogP contribution in [0.2, 0.25) is 0 Å². The third-order valence-electron chi connectivity index (χ3n) is 3.54. The Morgan fingerprint density at radius 3 is 2.78 bits per heavy atom. The maximum atomic E-state index is 12.6. The number of aromatic nitrogens is 2. The first kappa shape index (κ1) is 15.8. The van der Waals surface area contributed by atoms with Gasteiger partial charge in [-0.3, -0.25) is 9.40 Å². The summed E-state index contributed by atoms with van der Waals surface area (Å²) >= 11 is 1.21. The van der Waals surface area contributed by atoms with Gasteiger partial charge in [-0.15, -0.1) is 11.3 Å². The van der Waals surface area contributed by atoms with E-state index < -0.39 is 10.0 Å². The number of nitrogens with zero attached hydrogens (tertiary/aromatic N) is 2. The van der Waals surface area contributed by atoms with Crippen molar-refractivity contribution in [2.45, 2.75) is 24.6 Å². The van der Waals surface area contributed by atoms with E-state index in [0.29, 0.717) is 9.90 Å². The van der Waals surface area contributed by atoms with Gasteiger partial charge in [0.2, 0.25) is 0 Å². The zero-order chi connectivity index (χ0) is 16.4. The molecule has 1 N–H and O–H groups in total. The van der Waals surface area contributed by atoms with Crippen molar-refractivity contribution in [3.8, 4) is 11.3 Å². The standard InChI is InChI=1S/C16H17N3O2S2/c1-3-19-15(8-9-17-19)13-10-16(22-11-13)23(20,21)18-14-7-5-4-6-12(14)2/h4-11,18H,3H2,1-2H3. The van der Waals surface area contributed by atoms with Gasteiger partial charge in [0.15, 0.2) is 0 Å². The summed E-state index contributed by atoms with van der Waals surface area (Å²) in [6, 6.07) is 10.9. The molecule has 3 rings (SSSR count). The topological polar surface area (TPSA) is 64.0 Å². The van der Waals surface area contributed by atoms with E-state index in [1.54, 1.807) is 18.3 Å². The van der Waals surface area contributed by atoms with Gasteiger partial charge < -0.3 is 0 Å². The van der Waals surface area contributed by atoms with Gasteiger partial charge in [0, 0.05) is 23.7 Å². The lowest BCUT2D eigenvalue weighted by molar-refractivity contribution is 0.603. The molecule has 0 atom stereocenters. The van der Waals surface area contributed by atoms with Crippen LogP contribution in [0.3, 0.4) is 0 Å². The fraction of sp³-hybridized carbons (Fsp3) is 0.188. The van der Waals surface area contributed by atoms with Gasteiger partial charge in [-0.25, -0.2) is 8.42 Å². The van der Waals surface area contributed by atoms with Gasteiger partial charge in [0.05, 0.1) is 11.4 Å². The average Bonchev–Trinajstić information content (AvgIpc) is 3.17. The summed E-state index contributed by atoms with van der Waals surface area (Å²) in [5, 5.41) is 6.06. The van der Waals surface area contributed by atoms with Crippen LogP contribution in [0.1, 0.15) is 12.5 Å². The van der Waals surface area contributed by atoms with Crippen molar-refractivity contribution < 1.29 is 8.42 Å². The Labute approximate surface area is 139 Å². The average molecular weight is 347 g/mol. The second kappa shape index (κ2) is 6.17. The van der Waals surface area contributed by atoms with E-state index in [0.717, 1.165) is 23.4 Å². The van der Waals surface area contributed by atoms with Gasteiger partial charge in [-0.1, -0.05) is 18.2 Å². The Morgan fingerprint density at radius 1 is 1.26 bits per heavy atom. The number of nitrogens with one attached hydrogen (secondary N) is 1. The van der Waals surface area contributed by atoms with Gasteiger partial charge in [-0.05, 0) is 37.6 Å². The number of hydrogen-bond donors (Lipinski definition) is 1. The summed E-state index contributed by atoms with van der Waals surface area (Å²) in [6.45, 7) is 4.61. The van der Waals surface area contributed by atoms with E-state index in [1.807, 2.05) is 48.2 Å². The Balaban J connectivity index is 1.92. The molecular formula is C16H17N3O2S2. The third kappa shape index (κ3) is 3.16. The predicted molar refractivity (Wildman–Crippen MR) is 93.2 cm³/mol. The number of rotatable bonds is 5. The number of anilines is 1. The summed E-state index contributed by atoms with van der Waals surface area (Å²) in [4.78, 5) is 0. The molecule has 7 heteroatoms. The molecule has 0 aliphatic rings. The Morgan fingerprint density at radius 2 is 2.04 bits per heavy atom. The molecule has 0 aliphatic carbocycles. The number of para-hydroxylation sites is 1. The molecule has 2 heterocycles. The highest BCUT2D eigenvalue weighted by Crippen LogP contribution is 2.30. The maximum Gasteiger partial charge on any atom is 0.271 e. The number of benzene rings is 1. The van der Waals surface area contributed by atoms with E-state index in [9.17, 15) is 8.42 Å². The molecule has 120 valence electrons. The van der Waals surface area contributed by atoms with Crippen molar-refractivity contribution in [2.75, 3.05) is 4.72 Å². The third-order valence-corrected chi connectivity index (χ3v) is 6.35. The van der Waals surface area contributed by atoms with E-state index in [4.69, 9.17) is 0 Å². The molecule has 0 fully saturated rings. The number of sulfonamides is 1. The van der Waals surface area contributed by atoms with Gasteiger partial charge in [-0.2, -0.15) is 5.10 Å². The highest BCUT2D eigenvalue weighted by atomic mass is 32.2. The molecule has 0 saturated heterocycles. The molecule has 0 bridgehead atoms. The van der Waals surface area contributed by atoms with Gasteiger partial charge in [0.1, 0.15) is 4.21 Å². The Bertz CT molecular complexity index is 926. The highest BCUT2D eigenvalue weighted by molar-refractivity contribution is 7.94. The van der Waals surface area contributed by atoms with Crippen LogP contribution >= 0.6 is 11.3 Å². The first-order valence-electron chi connectivity index (χ1n) is 7.20. The molecule has 1 aromatic carbocycles. The Kier molecular flexibility index (Phi) is 4.23. The van der Waals surface area contributed by atoms with Crippen LogP contribution in [-0.2, 0) is 16.6 Å². The maximum absolute atomic E-state index is 12.6. The van der Waals surface area contributed by atoms with Crippen molar-refractivity contribution in [3.63, 3.8) is 0 Å². The van der Waals surface area contributed by atoms with Crippen molar-refractivity contribution >= 4 is 27.0 Å². The van der Waals surface area contributed by atoms with Crippen LogP contribution in [0, 0.1) is 6.92 Å². The lowest BCUT2D eigenvalue weighted by atomic mass is 10.2. The number of hydrogen-bond acceptors (Lipinski definition) is 4. The van der Waals surface area contributed by atoms with Gasteiger partial charge >= 0.3 is 0 Å². The number of thiophene rings is 1. The quantitative estimate of drug-likeness (QED) is 0.765. The van der Waals surface area contributed by atoms with Crippen LogP contribution in [0.25, 0.3) is 11.3 Å². The molecular weight excluding hydrogens is 330 g/mol. The van der Waals surface area contributed by atoms with Crippen LogP contribution in [0.5, 0.6) is 0 Å². The molecule has 0 amide bonds. The first-order valence-corrected chi connectivity index (χ1v) is 9.56. The summed E-state index contributed by atoms with van der Waals surface area (Å²) in [6.07, 6.45) is 1.72. The van der Waals surface area contributed by atoms with E-state index in [2.05, 4.69) is 9.82 Å². The predicted octanol–water partition coefficient (Wildman–Crippen LogP) is 3.74. The summed E-state index contributed by atoms with van der Waals surface area (Å²) in [7, 11) is -3.59. The molecule has 0 radical (unpaired) electrons. The molecule has 23 heavy (non-hydrogen) atoms. The normalized spacial score (nSPS) is 11.6. The lowest BCUT2D eigenvalue weighted by Gasteiger charge is -2.08. The molecule has 0 saturated carbocycles. The summed E-state index contributed by atoms with van der Waals surface area (Å²) in [5.41, 5.74) is 3.26. The van der Waals surface area contributed by atoms with E-state index >= 15 is 0 Å². The molecule has 0 spiro atoms. The zero-order valence-corrected chi connectivity index (χ0v) is 14.5. The highest BCUT2D eigenvalue weighted by Gasteiger charge is 2.19. The fourth-order valence-corrected chi connectivity index (χ4v) is 4.61. The molecule has 0 aliphatic heterocycles. The van der Waals surface area contributed by atoms with Crippen LogP contribution in [0.15, 0.2) is 52.2 Å². The monoisotopic (exact) mass is 347 g/mol. The van der Waals surface area contributed by atoms with Crippen molar-refractivity contribution in [2.24, 2.45) is 0 Å². The SMILES string of the molecule is CCn1nccc1-c1csc(S(=O)(=O)Nc2ccccc2C)c1. The van der Waals surface area contributed by atoms with Crippen LogP contribution in [-0.4, -0.2) is 18.2 Å². The molecule has 0 unspecified atom stereocenters. The van der Waals surface area contributed by atoms with Crippen LogP contribution < -0.4 is 4.72 Å². The molecule has 2 aromatic heterocycles. The molecule has 5 nitrogen and oxygen atoms in total. The summed E-state index contributed by atoms with van der Waals surface area (Å²) < 4.78 is 29.9. The minimum atomic E-state index is -3.59. The van der Waals surface area contributed by atoms with Crippen LogP contribution in [0.4, 0.5) is 5.69 Å².